The second kappa shape index (κ2) is 8.20. The van der Waals surface area contributed by atoms with Gasteiger partial charge in [0.2, 0.25) is 5.82 Å². The van der Waals surface area contributed by atoms with Gasteiger partial charge in [-0.05, 0) is 46.2 Å². The minimum Gasteiger partial charge on any atom is -0.496 e. The molecule has 0 atom stereocenters. The number of aromatic nitrogens is 5. The summed E-state index contributed by atoms with van der Waals surface area (Å²) in [6, 6.07) is 30.1. The summed E-state index contributed by atoms with van der Waals surface area (Å²) < 4.78 is 5.74. The lowest BCUT2D eigenvalue weighted by molar-refractivity contribution is 0.416. The molecule has 150 valence electrons. The molecule has 0 saturated heterocycles. The quantitative estimate of drug-likeness (QED) is 0.409. The van der Waals surface area contributed by atoms with Crippen molar-refractivity contribution in [3.05, 3.63) is 97.2 Å². The van der Waals surface area contributed by atoms with E-state index in [1.165, 1.54) is 4.80 Å². The van der Waals surface area contributed by atoms with E-state index < -0.39 is 0 Å². The summed E-state index contributed by atoms with van der Waals surface area (Å²) in [5, 5.41) is 12.8. The molecular weight excluding hydrogens is 386 g/mol. The summed E-state index contributed by atoms with van der Waals surface area (Å²) in [6.07, 6.45) is 1.71. The fourth-order valence-electron chi connectivity index (χ4n) is 3.54. The van der Waals surface area contributed by atoms with E-state index in [0.29, 0.717) is 11.5 Å². The number of ether oxygens (including phenoxy) is 1. The normalized spacial score (nSPS) is 10.7. The number of pyridine rings is 1. The van der Waals surface area contributed by atoms with Gasteiger partial charge in [-0.15, -0.1) is 15.0 Å². The number of tetrazole rings is 1. The molecule has 0 amide bonds. The van der Waals surface area contributed by atoms with Crippen LogP contribution in [0, 0.1) is 0 Å². The third kappa shape index (κ3) is 3.67. The SMILES string of the molecule is COc1cc(-n2nnc(-c3ccccn3)n2)ccc1-c1ccccc1-c1ccccc1. The summed E-state index contributed by atoms with van der Waals surface area (Å²) in [5.74, 6) is 1.20. The number of nitrogens with zero attached hydrogens (tertiary/aromatic N) is 5. The van der Waals surface area contributed by atoms with E-state index in [4.69, 9.17) is 4.74 Å². The third-order valence-electron chi connectivity index (χ3n) is 5.03. The summed E-state index contributed by atoms with van der Waals surface area (Å²) >= 11 is 0. The van der Waals surface area contributed by atoms with Crippen LogP contribution in [0.25, 0.3) is 39.5 Å². The van der Waals surface area contributed by atoms with Crippen molar-refractivity contribution in [2.75, 3.05) is 7.11 Å². The second-order valence-electron chi connectivity index (χ2n) is 6.91. The molecule has 0 spiro atoms. The minimum absolute atomic E-state index is 0.470. The van der Waals surface area contributed by atoms with Gasteiger partial charge in [0.15, 0.2) is 0 Å². The van der Waals surface area contributed by atoms with E-state index in [0.717, 1.165) is 33.7 Å². The summed E-state index contributed by atoms with van der Waals surface area (Å²) in [5.41, 5.74) is 5.82. The van der Waals surface area contributed by atoms with Gasteiger partial charge in [-0.2, -0.15) is 0 Å². The zero-order valence-corrected chi connectivity index (χ0v) is 16.9. The van der Waals surface area contributed by atoms with E-state index in [1.54, 1.807) is 13.3 Å². The van der Waals surface area contributed by atoms with Gasteiger partial charge >= 0.3 is 0 Å². The van der Waals surface area contributed by atoms with Crippen molar-refractivity contribution in [2.24, 2.45) is 0 Å². The molecule has 0 aliphatic heterocycles. The maximum absolute atomic E-state index is 5.74. The third-order valence-corrected chi connectivity index (χ3v) is 5.03. The van der Waals surface area contributed by atoms with E-state index >= 15 is 0 Å². The second-order valence-corrected chi connectivity index (χ2v) is 6.91. The molecular formula is C25H19N5O. The number of hydrogen-bond donors (Lipinski definition) is 0. The lowest BCUT2D eigenvalue weighted by atomic mass is 9.94. The Morgan fingerprint density at radius 2 is 1.52 bits per heavy atom. The Balaban J connectivity index is 1.55. The molecule has 6 nitrogen and oxygen atoms in total. The minimum atomic E-state index is 0.470. The van der Waals surface area contributed by atoms with Crippen molar-refractivity contribution in [1.29, 1.82) is 0 Å². The number of rotatable bonds is 5. The molecule has 2 aromatic heterocycles. The molecule has 3 aromatic carbocycles. The van der Waals surface area contributed by atoms with Gasteiger partial charge < -0.3 is 4.74 Å². The molecule has 5 rings (SSSR count). The van der Waals surface area contributed by atoms with Crippen LogP contribution < -0.4 is 4.74 Å². The highest BCUT2D eigenvalue weighted by Crippen LogP contribution is 2.38. The topological polar surface area (TPSA) is 65.7 Å². The molecule has 0 radical (unpaired) electrons. The van der Waals surface area contributed by atoms with Crippen LogP contribution in [-0.2, 0) is 0 Å². The summed E-state index contributed by atoms with van der Waals surface area (Å²) in [4.78, 5) is 5.76. The first kappa shape index (κ1) is 18.7. The van der Waals surface area contributed by atoms with Gasteiger partial charge in [-0.25, -0.2) is 0 Å². The van der Waals surface area contributed by atoms with Crippen LogP contribution in [0.5, 0.6) is 5.75 Å². The molecule has 0 fully saturated rings. The van der Waals surface area contributed by atoms with Crippen LogP contribution in [0.1, 0.15) is 0 Å². The lowest BCUT2D eigenvalue weighted by Crippen LogP contribution is -2.00. The Kier molecular flexibility index (Phi) is 4.94. The van der Waals surface area contributed by atoms with Crippen LogP contribution in [0.15, 0.2) is 97.2 Å². The number of hydrogen-bond acceptors (Lipinski definition) is 5. The molecule has 2 heterocycles. The van der Waals surface area contributed by atoms with Crippen molar-refractivity contribution in [2.45, 2.75) is 0 Å². The van der Waals surface area contributed by atoms with Crippen LogP contribution in [-0.4, -0.2) is 32.3 Å². The molecule has 0 bridgehead atoms. The van der Waals surface area contributed by atoms with Crippen molar-refractivity contribution in [1.82, 2.24) is 25.2 Å². The van der Waals surface area contributed by atoms with Crippen molar-refractivity contribution in [3.8, 4) is 45.2 Å². The Hall–Kier alpha value is -4.32. The molecule has 0 unspecified atom stereocenters. The van der Waals surface area contributed by atoms with Crippen LogP contribution in [0.3, 0.4) is 0 Å². The van der Waals surface area contributed by atoms with Crippen LogP contribution in [0.2, 0.25) is 0 Å². The first-order valence-corrected chi connectivity index (χ1v) is 9.88. The predicted octanol–water partition coefficient (Wildman–Crippen LogP) is 5.07. The zero-order valence-electron chi connectivity index (χ0n) is 16.9. The van der Waals surface area contributed by atoms with Gasteiger partial charge in [-0.1, -0.05) is 60.7 Å². The molecule has 5 aromatic rings. The first-order chi connectivity index (χ1) is 15.3. The maximum Gasteiger partial charge on any atom is 0.223 e. The molecule has 0 N–H and O–H groups in total. The molecule has 6 heteroatoms. The van der Waals surface area contributed by atoms with Crippen molar-refractivity contribution in [3.63, 3.8) is 0 Å². The molecule has 0 aliphatic carbocycles. The zero-order chi connectivity index (χ0) is 21.0. The van der Waals surface area contributed by atoms with Gasteiger partial charge in [0.05, 0.1) is 12.8 Å². The van der Waals surface area contributed by atoms with Gasteiger partial charge in [-0.3, -0.25) is 4.98 Å². The van der Waals surface area contributed by atoms with Gasteiger partial charge in [0.25, 0.3) is 0 Å². The number of methoxy groups -OCH3 is 1. The van der Waals surface area contributed by atoms with E-state index in [2.05, 4.69) is 44.7 Å². The fourth-order valence-corrected chi connectivity index (χ4v) is 3.54. The standard InChI is InChI=1S/C25H19N5O/c1-31-24-17-19(30-28-25(27-29-30)23-13-7-8-16-26-23)14-15-22(24)21-12-6-5-11-20(21)18-9-3-2-4-10-18/h2-17H,1H3. The first-order valence-electron chi connectivity index (χ1n) is 9.88. The Bertz CT molecular complexity index is 1320. The van der Waals surface area contributed by atoms with Gasteiger partial charge in [0, 0.05) is 17.8 Å². The van der Waals surface area contributed by atoms with Crippen LogP contribution >= 0.6 is 0 Å². The maximum atomic E-state index is 5.74. The average molecular weight is 405 g/mol. The molecule has 0 saturated carbocycles. The largest absolute Gasteiger partial charge is 0.496 e. The Labute approximate surface area is 179 Å². The van der Waals surface area contributed by atoms with E-state index in [1.807, 2.05) is 66.7 Å². The summed E-state index contributed by atoms with van der Waals surface area (Å²) in [7, 11) is 1.67. The highest BCUT2D eigenvalue weighted by molar-refractivity contribution is 5.86. The van der Waals surface area contributed by atoms with E-state index in [-0.39, 0.29) is 0 Å². The summed E-state index contributed by atoms with van der Waals surface area (Å²) in [6.45, 7) is 0. The lowest BCUT2D eigenvalue weighted by Gasteiger charge is -2.14. The van der Waals surface area contributed by atoms with E-state index in [9.17, 15) is 0 Å². The predicted molar refractivity (Wildman–Crippen MR) is 120 cm³/mol. The highest BCUT2D eigenvalue weighted by atomic mass is 16.5. The highest BCUT2D eigenvalue weighted by Gasteiger charge is 2.14. The Morgan fingerprint density at radius 1 is 0.742 bits per heavy atom. The number of benzene rings is 3. The molecule has 31 heavy (non-hydrogen) atoms. The smallest absolute Gasteiger partial charge is 0.223 e. The monoisotopic (exact) mass is 405 g/mol. The van der Waals surface area contributed by atoms with Crippen molar-refractivity contribution < 1.29 is 4.74 Å². The Morgan fingerprint density at radius 3 is 2.29 bits per heavy atom. The van der Waals surface area contributed by atoms with Crippen LogP contribution in [0.4, 0.5) is 0 Å². The van der Waals surface area contributed by atoms with Crippen molar-refractivity contribution >= 4 is 0 Å². The average Bonchev–Trinajstić information content (AvgIpc) is 3.35. The fraction of sp³-hybridized carbons (Fsp3) is 0.0400. The van der Waals surface area contributed by atoms with Gasteiger partial charge in [0.1, 0.15) is 11.4 Å². The molecule has 0 aliphatic rings.